The first-order valence-corrected chi connectivity index (χ1v) is 25.6. The molecule has 7 rings (SSSR count). The Hall–Kier alpha value is -4.49. The van der Waals surface area contributed by atoms with Crippen LogP contribution in [0, 0.1) is 0 Å². The van der Waals surface area contributed by atoms with E-state index < -0.39 is 42.1 Å². The minimum atomic E-state index is -0.848. The van der Waals surface area contributed by atoms with Crippen LogP contribution in [0.1, 0.15) is 30.4 Å². The number of nitrogens with zero attached hydrogens (tertiary/aromatic N) is 5. The monoisotopic (exact) mass is 1050 g/mol. The maximum absolute atomic E-state index is 12.2. The maximum atomic E-state index is 12.2. The third-order valence-electron chi connectivity index (χ3n) is 11.6. The van der Waals surface area contributed by atoms with Crippen LogP contribution in [-0.4, -0.2) is 213 Å². The fourth-order valence-electron chi connectivity index (χ4n) is 7.67. The van der Waals surface area contributed by atoms with Crippen molar-refractivity contribution in [3.8, 4) is 0 Å². The quantitative estimate of drug-likeness (QED) is 0.142. The number of carbonyl (C=O) groups excluding carboxylic acids is 2. The minimum Gasteiger partial charge on any atom is -0.480 e. The summed E-state index contributed by atoms with van der Waals surface area (Å²) < 4.78 is 22.7. The lowest BCUT2D eigenvalue weighted by Gasteiger charge is -2.17. The van der Waals surface area contributed by atoms with Gasteiger partial charge in [-0.3, -0.25) is 43.7 Å². The van der Waals surface area contributed by atoms with E-state index in [0.717, 1.165) is 24.2 Å². The molecule has 0 bridgehead atoms. The van der Waals surface area contributed by atoms with Crippen molar-refractivity contribution in [1.82, 2.24) is 24.5 Å². The van der Waals surface area contributed by atoms with Crippen molar-refractivity contribution < 1.29 is 63.3 Å². The topological polar surface area (TPSA) is 219 Å². The minimum absolute atomic E-state index is 0.0378. The zero-order valence-corrected chi connectivity index (χ0v) is 43.9. The second kappa shape index (κ2) is 31.1. The van der Waals surface area contributed by atoms with Gasteiger partial charge in [0.2, 0.25) is 8.77 Å². The van der Waals surface area contributed by atoms with Gasteiger partial charge in [0.1, 0.15) is 55.6 Å². The summed E-state index contributed by atoms with van der Waals surface area (Å²) in [5, 5.41) is 34.9. The van der Waals surface area contributed by atoms with E-state index in [0.29, 0.717) is 60.9 Å². The first kappa shape index (κ1) is 59.8. The highest BCUT2D eigenvalue weighted by Gasteiger charge is 2.38. The van der Waals surface area contributed by atoms with Crippen molar-refractivity contribution in [3.05, 3.63) is 96.1 Å². The molecule has 8 atom stereocenters. The molecule has 3 saturated heterocycles. The summed E-state index contributed by atoms with van der Waals surface area (Å²) in [5.74, 6) is -2.80. The van der Waals surface area contributed by atoms with Crippen molar-refractivity contribution in [2.75, 3.05) is 80.5 Å². The van der Waals surface area contributed by atoms with Gasteiger partial charge in [0.05, 0.1) is 6.10 Å². The number of benzene rings is 2. The zero-order valence-electron chi connectivity index (χ0n) is 40.6. The molecule has 0 radical (unpaired) electrons. The summed E-state index contributed by atoms with van der Waals surface area (Å²) >= 11 is 12.7. The predicted molar refractivity (Wildman–Crippen MR) is 278 cm³/mol. The van der Waals surface area contributed by atoms with Crippen molar-refractivity contribution in [1.29, 1.82) is 0 Å². The lowest BCUT2D eigenvalue weighted by Crippen LogP contribution is -2.34. The average Bonchev–Trinajstić information content (AvgIpc) is 4.19. The van der Waals surface area contributed by atoms with E-state index in [9.17, 15) is 24.0 Å². The standard InChI is InChI=1S/C15H19NO3S2.C13H15NO2.C8H13NO3S2.C6H11NO3.C6H9NO2/c1-16-9-12(19-15(20)21-2)8-13(16)14(17)18-10-11-6-4-3-5-7-11;1-14-9-5-8-12(14)13(15)16-10-11-6-3-2-4-7-11;1-9-4-5(12-8(13)14-2)3-6(9)7(10)11;1-7-3-4(8)2-5(7)6(9)10;1-7-4-2-3-5(7)6(8)9/h3-7,12-13H,8-10H2,1-2H3;2-8,12H,9-10H2,1H3;5-6H,3-4H2,1-2H3,(H,10,11);4-5,8H,2-3H2,1H3,(H,9,10);2-3,5H,4H2,1H3,(H,8,9)/t12-,13+;12-;5-,6+;4-,5+;5-/m10110/s1. The number of likely N-dealkylation sites (N-methyl/N-ethyl adjacent to an activating group) is 5. The lowest BCUT2D eigenvalue weighted by atomic mass is 10.2. The molecule has 0 saturated carbocycles. The van der Waals surface area contributed by atoms with E-state index in [1.54, 1.807) is 41.9 Å². The summed E-state index contributed by atoms with van der Waals surface area (Å²) in [6, 6.07) is 17.6. The molecule has 5 aliphatic heterocycles. The molecule has 5 heterocycles. The van der Waals surface area contributed by atoms with Gasteiger partial charge in [-0.1, -0.05) is 108 Å². The van der Waals surface area contributed by atoms with Crippen LogP contribution < -0.4 is 0 Å². The lowest BCUT2D eigenvalue weighted by molar-refractivity contribution is -0.150. The molecule has 70 heavy (non-hydrogen) atoms. The van der Waals surface area contributed by atoms with Crippen LogP contribution in [0.15, 0.2) is 85.0 Å². The zero-order chi connectivity index (χ0) is 51.9. The van der Waals surface area contributed by atoms with Crippen LogP contribution in [0.25, 0.3) is 0 Å². The van der Waals surface area contributed by atoms with Crippen LogP contribution in [0.2, 0.25) is 0 Å². The number of carboxylic acids is 3. The van der Waals surface area contributed by atoms with Crippen LogP contribution in [0.5, 0.6) is 0 Å². The number of rotatable bonds is 11. The van der Waals surface area contributed by atoms with Crippen LogP contribution in [-0.2, 0) is 56.1 Å². The van der Waals surface area contributed by atoms with E-state index in [1.165, 1.54) is 23.5 Å². The summed E-state index contributed by atoms with van der Waals surface area (Å²) in [6.07, 6.45) is 12.0. The first-order valence-electron chi connectivity index (χ1n) is 22.4. The molecule has 0 aliphatic carbocycles. The van der Waals surface area contributed by atoms with Crippen LogP contribution >= 0.6 is 48.0 Å². The van der Waals surface area contributed by atoms with Gasteiger partial charge in [0, 0.05) is 52.0 Å². The second-order valence-electron chi connectivity index (χ2n) is 16.9. The van der Waals surface area contributed by atoms with Gasteiger partial charge >= 0.3 is 29.8 Å². The number of thioether (sulfide) groups is 2. The van der Waals surface area contributed by atoms with Gasteiger partial charge in [0.15, 0.2) is 0 Å². The number of ether oxygens (including phenoxy) is 4. The normalized spacial score (nSPS) is 25.1. The number of carbonyl (C=O) groups is 5. The molecule has 3 fully saturated rings. The molecule has 386 valence electrons. The fraction of sp³-hybridized carbons (Fsp3) is 0.521. The third kappa shape index (κ3) is 20.7. The Morgan fingerprint density at radius 2 is 0.957 bits per heavy atom. The van der Waals surface area contributed by atoms with Crippen molar-refractivity contribution in [3.63, 3.8) is 0 Å². The predicted octanol–water partition coefficient (Wildman–Crippen LogP) is 3.95. The van der Waals surface area contributed by atoms with E-state index in [4.69, 9.17) is 63.8 Å². The highest BCUT2D eigenvalue weighted by Crippen LogP contribution is 2.23. The van der Waals surface area contributed by atoms with Gasteiger partial charge in [-0.15, -0.1) is 0 Å². The van der Waals surface area contributed by atoms with Gasteiger partial charge in [-0.05, 0) is 83.3 Å². The van der Waals surface area contributed by atoms with Crippen molar-refractivity contribution in [2.24, 2.45) is 0 Å². The number of esters is 2. The summed E-state index contributed by atoms with van der Waals surface area (Å²) in [6.45, 7) is 3.99. The molecule has 2 aromatic rings. The first-order chi connectivity index (χ1) is 33.2. The SMILES string of the molecule is CN1CC=C[C@H]1C(=O)O.CN1CC=C[C@H]1C(=O)OCc1ccccc1.CN1C[C@H](O)C[C@H]1C(=O)O.CSC(=S)O[C@@H]1C[C@@H](C(=O)O)N(C)C1.CSC(=S)O[C@@H]1C[C@@H](C(=O)OCc2ccccc2)N(C)C1. The van der Waals surface area contributed by atoms with Crippen LogP contribution in [0.3, 0.4) is 0 Å². The Bertz CT molecular complexity index is 2070. The largest absolute Gasteiger partial charge is 0.480 e. The number of thiocarbonyl (C=S) groups is 2. The maximum Gasteiger partial charge on any atom is 0.327 e. The summed E-state index contributed by atoms with van der Waals surface area (Å²) in [7, 11) is 9.09. The molecule has 0 spiro atoms. The number of likely N-dealkylation sites (tertiary alicyclic amines) is 3. The number of aliphatic carboxylic acids is 3. The smallest absolute Gasteiger partial charge is 0.327 e. The van der Waals surface area contributed by atoms with E-state index in [-0.39, 0.29) is 36.2 Å². The molecule has 0 aromatic heterocycles. The van der Waals surface area contributed by atoms with E-state index in [1.807, 2.05) is 115 Å². The van der Waals surface area contributed by atoms with E-state index >= 15 is 0 Å². The number of aliphatic hydroxyl groups excluding tert-OH is 1. The highest BCUT2D eigenvalue weighted by molar-refractivity contribution is 8.22. The summed E-state index contributed by atoms with van der Waals surface area (Å²) in [4.78, 5) is 64.5. The number of hydrogen-bond donors (Lipinski definition) is 4. The number of hydrogen-bond acceptors (Lipinski definition) is 19. The molecule has 22 heteroatoms. The fourth-order valence-corrected chi connectivity index (χ4v) is 8.41. The molecule has 5 aliphatic rings. The van der Waals surface area contributed by atoms with E-state index in [2.05, 4.69) is 0 Å². The molecule has 18 nitrogen and oxygen atoms in total. The molecule has 4 N–H and O–H groups in total. The molecular formula is C48H67N5O13S4. The van der Waals surface area contributed by atoms with Crippen molar-refractivity contribution >= 4 is 86.6 Å². The van der Waals surface area contributed by atoms with Gasteiger partial charge in [0.25, 0.3) is 0 Å². The Morgan fingerprint density at radius 3 is 1.30 bits per heavy atom. The summed E-state index contributed by atoms with van der Waals surface area (Å²) in [5.41, 5.74) is 2.00. The Labute approximate surface area is 429 Å². The van der Waals surface area contributed by atoms with Gasteiger partial charge < -0.3 is 39.4 Å². The highest BCUT2D eigenvalue weighted by atomic mass is 32.2. The van der Waals surface area contributed by atoms with Crippen molar-refractivity contribution in [2.45, 2.75) is 81.0 Å². The number of β-amino-alcohol motifs (C(OH)–C–C–N with tert-alkyl or cyclic N) is 1. The average molecular weight is 1050 g/mol. The molecule has 0 unspecified atom stereocenters. The molecule has 2 aromatic carbocycles. The second-order valence-corrected chi connectivity index (χ2v) is 19.8. The number of carboxylic acid groups (broad SMARTS) is 3. The Balaban J connectivity index is 0.000000239. The Kier molecular flexibility index (Phi) is 26.6. The van der Waals surface area contributed by atoms with Gasteiger partial charge in [-0.25, -0.2) is 4.79 Å². The number of aliphatic hydroxyl groups is 1. The molecular weight excluding hydrogens is 983 g/mol. The van der Waals surface area contributed by atoms with Crippen LogP contribution in [0.4, 0.5) is 0 Å². The Morgan fingerprint density at radius 1 is 0.557 bits per heavy atom. The van der Waals surface area contributed by atoms with Gasteiger partial charge in [-0.2, -0.15) is 0 Å². The molecule has 0 amide bonds. The third-order valence-corrected chi connectivity index (χ3v) is 13.6.